The molecule has 1 atom stereocenters. The van der Waals surface area contributed by atoms with Crippen LogP contribution in [0.1, 0.15) is 25.5 Å². The second-order valence-electron chi connectivity index (χ2n) is 4.09. The van der Waals surface area contributed by atoms with Crippen LogP contribution in [0.5, 0.6) is 0 Å². The van der Waals surface area contributed by atoms with Gasteiger partial charge in [0.25, 0.3) is 0 Å². The van der Waals surface area contributed by atoms with Crippen molar-refractivity contribution in [3.63, 3.8) is 0 Å². The van der Waals surface area contributed by atoms with Crippen LogP contribution in [0.3, 0.4) is 0 Å². The second-order valence-corrected chi connectivity index (χ2v) is 4.09. The van der Waals surface area contributed by atoms with Gasteiger partial charge in [0.15, 0.2) is 0 Å². The summed E-state index contributed by atoms with van der Waals surface area (Å²) in [6.45, 7) is 4.02. The summed E-state index contributed by atoms with van der Waals surface area (Å²) >= 11 is 0. The predicted molar refractivity (Wildman–Crippen MR) is 55.4 cm³/mol. The van der Waals surface area contributed by atoms with E-state index in [0.717, 1.165) is 5.56 Å². The first-order valence-electron chi connectivity index (χ1n) is 4.69. The highest BCUT2D eigenvalue weighted by atomic mass is 16.5. The Labute approximate surface area is 83.7 Å². The summed E-state index contributed by atoms with van der Waals surface area (Å²) in [6.07, 6.45) is 1.48. The van der Waals surface area contributed by atoms with Crippen molar-refractivity contribution in [1.29, 1.82) is 0 Å². The van der Waals surface area contributed by atoms with Crippen LogP contribution in [-0.4, -0.2) is 22.1 Å². The molecule has 2 rings (SSSR count). The number of hydrogen-bond acceptors (Lipinski definition) is 3. The van der Waals surface area contributed by atoms with Crippen LogP contribution >= 0.6 is 0 Å². The van der Waals surface area contributed by atoms with Gasteiger partial charge in [0.2, 0.25) is 0 Å². The standard InChI is InChI=1S/C11H14N2O/c1-11(2)10(13(14)8-12-11)9-6-4-3-5-7-9/h3-8,10,14H,1-2H3. The van der Waals surface area contributed by atoms with Crippen molar-refractivity contribution in [3.05, 3.63) is 35.9 Å². The van der Waals surface area contributed by atoms with Crippen molar-refractivity contribution in [3.8, 4) is 0 Å². The Balaban J connectivity index is 2.36. The predicted octanol–water partition coefficient (Wildman–Crippen LogP) is 2.24. The third-order valence-electron chi connectivity index (χ3n) is 2.56. The Morgan fingerprint density at radius 2 is 1.93 bits per heavy atom. The van der Waals surface area contributed by atoms with E-state index < -0.39 is 0 Å². The van der Waals surface area contributed by atoms with E-state index in [1.807, 2.05) is 44.2 Å². The SMILES string of the molecule is CC1(C)N=CN(O)C1c1ccccc1. The molecule has 0 bridgehead atoms. The van der Waals surface area contributed by atoms with Crippen LogP contribution in [0.15, 0.2) is 35.3 Å². The minimum absolute atomic E-state index is 0.0799. The average molecular weight is 190 g/mol. The third-order valence-corrected chi connectivity index (χ3v) is 2.56. The van der Waals surface area contributed by atoms with E-state index in [0.29, 0.717) is 0 Å². The number of nitrogens with zero attached hydrogens (tertiary/aromatic N) is 2. The molecule has 0 aliphatic carbocycles. The molecule has 0 fully saturated rings. The molecule has 0 radical (unpaired) electrons. The van der Waals surface area contributed by atoms with Crippen molar-refractivity contribution in [2.24, 2.45) is 4.99 Å². The van der Waals surface area contributed by atoms with Gasteiger partial charge in [-0.15, -0.1) is 0 Å². The fraction of sp³-hybridized carbons (Fsp3) is 0.364. The molecule has 1 unspecified atom stereocenters. The van der Waals surface area contributed by atoms with Gasteiger partial charge in [0, 0.05) is 0 Å². The van der Waals surface area contributed by atoms with Crippen molar-refractivity contribution in [2.75, 3.05) is 0 Å². The van der Waals surface area contributed by atoms with Crippen molar-refractivity contribution in [1.82, 2.24) is 5.06 Å². The molecule has 0 amide bonds. The van der Waals surface area contributed by atoms with E-state index in [4.69, 9.17) is 0 Å². The molecular formula is C11H14N2O. The summed E-state index contributed by atoms with van der Waals surface area (Å²) in [5.41, 5.74) is 0.813. The van der Waals surface area contributed by atoms with Gasteiger partial charge in [-0.25, -0.2) is 5.06 Å². The first-order chi connectivity index (χ1) is 6.61. The van der Waals surface area contributed by atoms with E-state index in [1.54, 1.807) is 0 Å². The van der Waals surface area contributed by atoms with Crippen molar-refractivity contribution < 1.29 is 5.21 Å². The molecule has 0 spiro atoms. The molecule has 0 saturated heterocycles. The third kappa shape index (κ3) is 1.40. The van der Waals surface area contributed by atoms with Gasteiger partial charge in [0.1, 0.15) is 12.4 Å². The summed E-state index contributed by atoms with van der Waals surface area (Å²) in [5.74, 6) is 0. The molecule has 1 aliphatic rings. The molecule has 1 aromatic carbocycles. The minimum atomic E-state index is -0.268. The number of benzene rings is 1. The molecule has 74 valence electrons. The van der Waals surface area contributed by atoms with Crippen molar-refractivity contribution in [2.45, 2.75) is 25.4 Å². The van der Waals surface area contributed by atoms with Gasteiger partial charge < -0.3 is 0 Å². The van der Waals surface area contributed by atoms with E-state index in [2.05, 4.69) is 4.99 Å². The van der Waals surface area contributed by atoms with Crippen LogP contribution in [0.25, 0.3) is 0 Å². The van der Waals surface area contributed by atoms with Gasteiger partial charge in [-0.3, -0.25) is 10.2 Å². The zero-order chi connectivity index (χ0) is 10.2. The molecule has 0 aromatic heterocycles. The highest BCUT2D eigenvalue weighted by Gasteiger charge is 2.38. The summed E-state index contributed by atoms with van der Waals surface area (Å²) in [7, 11) is 0. The Morgan fingerprint density at radius 1 is 1.29 bits per heavy atom. The highest BCUT2D eigenvalue weighted by Crippen LogP contribution is 2.36. The van der Waals surface area contributed by atoms with E-state index in [-0.39, 0.29) is 11.6 Å². The van der Waals surface area contributed by atoms with Crippen LogP contribution < -0.4 is 0 Å². The van der Waals surface area contributed by atoms with Gasteiger partial charge >= 0.3 is 0 Å². The maximum atomic E-state index is 9.66. The molecular weight excluding hydrogens is 176 g/mol. The molecule has 1 N–H and O–H groups in total. The lowest BCUT2D eigenvalue weighted by atomic mass is 9.90. The van der Waals surface area contributed by atoms with Crippen LogP contribution in [0.2, 0.25) is 0 Å². The van der Waals surface area contributed by atoms with E-state index in [1.165, 1.54) is 11.4 Å². The monoisotopic (exact) mass is 190 g/mol. The number of aliphatic imine (C=N–C) groups is 1. The smallest absolute Gasteiger partial charge is 0.111 e. The van der Waals surface area contributed by atoms with Crippen molar-refractivity contribution >= 4 is 6.34 Å². The average Bonchev–Trinajstić information content (AvgIpc) is 2.42. The molecule has 1 heterocycles. The first-order valence-corrected chi connectivity index (χ1v) is 4.69. The molecule has 0 saturated carbocycles. The second kappa shape index (κ2) is 3.10. The summed E-state index contributed by atoms with van der Waals surface area (Å²) in [6, 6.07) is 9.83. The normalized spacial score (nSPS) is 24.2. The first kappa shape index (κ1) is 9.21. The van der Waals surface area contributed by atoms with Gasteiger partial charge in [0.05, 0.1) is 5.54 Å². The molecule has 1 aliphatic heterocycles. The van der Waals surface area contributed by atoms with Gasteiger partial charge in [-0.05, 0) is 19.4 Å². The largest absolute Gasteiger partial charge is 0.287 e. The lowest BCUT2D eigenvalue weighted by molar-refractivity contribution is -0.0546. The Kier molecular flexibility index (Phi) is 2.04. The number of rotatable bonds is 1. The molecule has 14 heavy (non-hydrogen) atoms. The lowest BCUT2D eigenvalue weighted by Crippen LogP contribution is -2.32. The molecule has 3 heteroatoms. The summed E-state index contributed by atoms with van der Waals surface area (Å²) in [4.78, 5) is 4.26. The summed E-state index contributed by atoms with van der Waals surface area (Å²) in [5, 5.41) is 10.8. The van der Waals surface area contributed by atoms with E-state index >= 15 is 0 Å². The van der Waals surface area contributed by atoms with E-state index in [9.17, 15) is 5.21 Å². The maximum absolute atomic E-state index is 9.66. The maximum Gasteiger partial charge on any atom is 0.111 e. The van der Waals surface area contributed by atoms with Crippen LogP contribution in [0, 0.1) is 0 Å². The fourth-order valence-electron chi connectivity index (χ4n) is 1.86. The fourth-order valence-corrected chi connectivity index (χ4v) is 1.86. The lowest BCUT2D eigenvalue weighted by Gasteiger charge is -2.28. The Hall–Kier alpha value is -1.35. The van der Waals surface area contributed by atoms with Gasteiger partial charge in [-0.2, -0.15) is 0 Å². The zero-order valence-electron chi connectivity index (χ0n) is 8.38. The molecule has 1 aromatic rings. The Morgan fingerprint density at radius 3 is 2.43 bits per heavy atom. The van der Waals surface area contributed by atoms with Gasteiger partial charge in [-0.1, -0.05) is 30.3 Å². The van der Waals surface area contributed by atoms with Crippen LogP contribution in [-0.2, 0) is 0 Å². The summed E-state index contributed by atoms with van der Waals surface area (Å²) < 4.78 is 0. The zero-order valence-corrected chi connectivity index (χ0v) is 8.38. The molecule has 3 nitrogen and oxygen atoms in total. The Bertz CT molecular complexity index is 346. The minimum Gasteiger partial charge on any atom is -0.287 e. The number of hydroxylamine groups is 2. The quantitative estimate of drug-likeness (QED) is 0.737. The number of hydrogen-bond donors (Lipinski definition) is 1. The van der Waals surface area contributed by atoms with Crippen LogP contribution in [0.4, 0.5) is 0 Å². The topological polar surface area (TPSA) is 35.8 Å². The highest BCUT2D eigenvalue weighted by molar-refractivity contribution is 5.59.